The number of nitrogen functional groups attached to an aromatic ring is 1. The monoisotopic (exact) mass is 337 g/mol. The van der Waals surface area contributed by atoms with Crippen molar-refractivity contribution in [3.8, 4) is 11.3 Å². The number of rotatable bonds is 2. The second-order valence-electron chi connectivity index (χ2n) is 4.99. The standard InChI is InChI=1S/C14H16BrN3S/c15-11-6-10(7-17-8-11)12-13(16)19-14(18-12)9-4-2-1-3-5-9/h6-9H,1-5,16H2. The Morgan fingerprint density at radius 1 is 1.21 bits per heavy atom. The molecule has 0 bridgehead atoms. The lowest BCUT2D eigenvalue weighted by Gasteiger charge is -2.18. The zero-order valence-electron chi connectivity index (χ0n) is 10.6. The summed E-state index contributed by atoms with van der Waals surface area (Å²) in [5.74, 6) is 0.606. The molecule has 1 saturated carbocycles. The maximum Gasteiger partial charge on any atom is 0.114 e. The van der Waals surface area contributed by atoms with Gasteiger partial charge < -0.3 is 5.73 Å². The number of thiazole rings is 1. The summed E-state index contributed by atoms with van der Waals surface area (Å²) in [6, 6.07) is 2.02. The molecule has 0 radical (unpaired) electrons. The molecule has 0 spiro atoms. The van der Waals surface area contributed by atoms with Crippen LogP contribution >= 0.6 is 27.3 Å². The van der Waals surface area contributed by atoms with E-state index in [1.807, 2.05) is 12.3 Å². The Labute approximate surface area is 125 Å². The van der Waals surface area contributed by atoms with Gasteiger partial charge in [-0.25, -0.2) is 4.98 Å². The second kappa shape index (κ2) is 5.59. The molecule has 0 aromatic carbocycles. The number of nitrogens with zero attached hydrogens (tertiary/aromatic N) is 2. The minimum atomic E-state index is 0.606. The summed E-state index contributed by atoms with van der Waals surface area (Å²) in [5, 5.41) is 2.01. The molecule has 2 N–H and O–H groups in total. The number of aromatic nitrogens is 2. The summed E-state index contributed by atoms with van der Waals surface area (Å²) < 4.78 is 0.955. The first-order valence-corrected chi connectivity index (χ1v) is 8.22. The van der Waals surface area contributed by atoms with E-state index in [4.69, 9.17) is 10.7 Å². The second-order valence-corrected chi connectivity index (χ2v) is 6.97. The summed E-state index contributed by atoms with van der Waals surface area (Å²) >= 11 is 5.08. The molecule has 0 amide bonds. The predicted octanol–water partition coefficient (Wildman–Crippen LogP) is 4.60. The van der Waals surface area contributed by atoms with Crippen molar-refractivity contribution in [1.29, 1.82) is 0 Å². The van der Waals surface area contributed by atoms with Crippen LogP contribution in [0.2, 0.25) is 0 Å². The lowest BCUT2D eigenvalue weighted by molar-refractivity contribution is 0.442. The Kier molecular flexibility index (Phi) is 3.84. The van der Waals surface area contributed by atoms with E-state index in [1.54, 1.807) is 17.5 Å². The first-order valence-electron chi connectivity index (χ1n) is 6.61. The molecule has 1 fully saturated rings. The molecule has 0 unspecified atom stereocenters. The Balaban J connectivity index is 1.92. The van der Waals surface area contributed by atoms with E-state index < -0.39 is 0 Å². The van der Waals surface area contributed by atoms with Crippen LogP contribution in [0.5, 0.6) is 0 Å². The Morgan fingerprint density at radius 3 is 2.74 bits per heavy atom. The Hall–Kier alpha value is -0.940. The van der Waals surface area contributed by atoms with Crippen LogP contribution in [0.15, 0.2) is 22.9 Å². The highest BCUT2D eigenvalue weighted by Crippen LogP contribution is 2.39. The molecule has 3 rings (SSSR count). The van der Waals surface area contributed by atoms with Crippen molar-refractivity contribution in [3.63, 3.8) is 0 Å². The van der Waals surface area contributed by atoms with Crippen molar-refractivity contribution in [3.05, 3.63) is 27.9 Å². The molecule has 0 aliphatic heterocycles. The SMILES string of the molecule is Nc1sc(C2CCCCC2)nc1-c1cncc(Br)c1. The van der Waals surface area contributed by atoms with Crippen molar-refractivity contribution in [2.45, 2.75) is 38.0 Å². The van der Waals surface area contributed by atoms with Gasteiger partial charge in [0, 0.05) is 28.3 Å². The number of hydrogen-bond donors (Lipinski definition) is 1. The largest absolute Gasteiger partial charge is 0.389 e. The maximum atomic E-state index is 6.14. The van der Waals surface area contributed by atoms with Crippen LogP contribution in [0.1, 0.15) is 43.0 Å². The summed E-state index contributed by atoms with van der Waals surface area (Å²) in [6.45, 7) is 0. The van der Waals surface area contributed by atoms with Crippen LogP contribution in [-0.2, 0) is 0 Å². The van der Waals surface area contributed by atoms with E-state index in [1.165, 1.54) is 37.1 Å². The molecule has 19 heavy (non-hydrogen) atoms. The molecule has 100 valence electrons. The van der Waals surface area contributed by atoms with Crippen molar-refractivity contribution >= 4 is 32.3 Å². The summed E-state index contributed by atoms with van der Waals surface area (Å²) in [5.41, 5.74) is 8.02. The number of pyridine rings is 1. The fourth-order valence-corrected chi connectivity index (χ4v) is 4.01. The van der Waals surface area contributed by atoms with Gasteiger partial charge in [-0.15, -0.1) is 11.3 Å². The zero-order chi connectivity index (χ0) is 13.2. The van der Waals surface area contributed by atoms with Gasteiger partial charge in [-0.2, -0.15) is 0 Å². The van der Waals surface area contributed by atoms with Crippen molar-refractivity contribution in [2.75, 3.05) is 5.73 Å². The predicted molar refractivity (Wildman–Crippen MR) is 83.3 cm³/mol. The molecule has 0 saturated heterocycles. The summed E-state index contributed by atoms with van der Waals surface area (Å²) in [4.78, 5) is 8.96. The van der Waals surface area contributed by atoms with Crippen LogP contribution in [0.25, 0.3) is 11.3 Å². The summed E-state index contributed by atoms with van der Waals surface area (Å²) in [7, 11) is 0. The third kappa shape index (κ3) is 2.82. The topological polar surface area (TPSA) is 51.8 Å². The minimum Gasteiger partial charge on any atom is -0.389 e. The molecule has 5 heteroatoms. The van der Waals surface area contributed by atoms with Gasteiger partial charge in [0.15, 0.2) is 0 Å². The zero-order valence-corrected chi connectivity index (χ0v) is 13.0. The van der Waals surface area contributed by atoms with Gasteiger partial charge in [0.25, 0.3) is 0 Å². The molecule has 0 atom stereocenters. The minimum absolute atomic E-state index is 0.606. The Bertz CT molecular complexity index is 576. The van der Waals surface area contributed by atoms with Gasteiger partial charge in [0.05, 0.1) is 5.01 Å². The van der Waals surface area contributed by atoms with E-state index in [0.29, 0.717) is 5.92 Å². The van der Waals surface area contributed by atoms with Crippen LogP contribution in [0.4, 0.5) is 5.00 Å². The number of hydrogen-bond acceptors (Lipinski definition) is 4. The highest BCUT2D eigenvalue weighted by molar-refractivity contribution is 9.10. The molecule has 1 aliphatic rings. The highest BCUT2D eigenvalue weighted by Gasteiger charge is 2.21. The first kappa shape index (κ1) is 13.1. The molecule has 1 aliphatic carbocycles. The van der Waals surface area contributed by atoms with Crippen LogP contribution < -0.4 is 5.73 Å². The van der Waals surface area contributed by atoms with Crippen molar-refractivity contribution in [1.82, 2.24) is 9.97 Å². The van der Waals surface area contributed by atoms with E-state index in [9.17, 15) is 0 Å². The quantitative estimate of drug-likeness (QED) is 0.871. The van der Waals surface area contributed by atoms with Crippen LogP contribution in [-0.4, -0.2) is 9.97 Å². The fraction of sp³-hybridized carbons (Fsp3) is 0.429. The van der Waals surface area contributed by atoms with Gasteiger partial charge in [0.1, 0.15) is 10.7 Å². The van der Waals surface area contributed by atoms with Crippen LogP contribution in [0.3, 0.4) is 0 Å². The third-order valence-corrected chi connectivity index (χ3v) is 5.08. The normalized spacial score (nSPS) is 16.7. The lowest BCUT2D eigenvalue weighted by atomic mass is 9.90. The van der Waals surface area contributed by atoms with E-state index in [2.05, 4.69) is 20.9 Å². The lowest BCUT2D eigenvalue weighted by Crippen LogP contribution is -2.03. The first-order chi connectivity index (χ1) is 9.24. The van der Waals surface area contributed by atoms with Crippen LogP contribution in [0, 0.1) is 0 Å². The smallest absolute Gasteiger partial charge is 0.114 e. The average molecular weight is 338 g/mol. The summed E-state index contributed by atoms with van der Waals surface area (Å²) in [6.07, 6.45) is 10.1. The molecule has 2 aromatic rings. The number of nitrogens with two attached hydrogens (primary N) is 1. The van der Waals surface area contributed by atoms with E-state index in [0.717, 1.165) is 20.7 Å². The fourth-order valence-electron chi connectivity index (χ4n) is 2.62. The highest BCUT2D eigenvalue weighted by atomic mass is 79.9. The number of anilines is 1. The average Bonchev–Trinajstić information content (AvgIpc) is 2.82. The van der Waals surface area contributed by atoms with Crippen molar-refractivity contribution < 1.29 is 0 Å². The molecule has 2 aromatic heterocycles. The van der Waals surface area contributed by atoms with E-state index >= 15 is 0 Å². The molecule has 2 heterocycles. The third-order valence-electron chi connectivity index (χ3n) is 3.60. The Morgan fingerprint density at radius 2 is 2.00 bits per heavy atom. The van der Waals surface area contributed by atoms with Gasteiger partial charge in [-0.05, 0) is 34.8 Å². The van der Waals surface area contributed by atoms with Gasteiger partial charge in [-0.1, -0.05) is 19.3 Å². The maximum absolute atomic E-state index is 6.14. The van der Waals surface area contributed by atoms with Gasteiger partial charge in [-0.3, -0.25) is 4.98 Å². The number of halogens is 1. The van der Waals surface area contributed by atoms with Gasteiger partial charge >= 0.3 is 0 Å². The molecule has 3 nitrogen and oxygen atoms in total. The van der Waals surface area contributed by atoms with E-state index in [-0.39, 0.29) is 0 Å². The van der Waals surface area contributed by atoms with Gasteiger partial charge in [0.2, 0.25) is 0 Å². The molecular formula is C14H16BrN3S. The van der Waals surface area contributed by atoms with Crippen molar-refractivity contribution in [2.24, 2.45) is 0 Å². The molecular weight excluding hydrogens is 322 g/mol.